The zero-order valence-corrected chi connectivity index (χ0v) is 15.6. The average molecular weight is 347 g/mol. The molecule has 5 nitrogen and oxygen atoms in total. The van der Waals surface area contributed by atoms with E-state index < -0.39 is 0 Å². The molecule has 0 saturated heterocycles. The molecule has 1 amide bonds. The van der Waals surface area contributed by atoms with Crippen LogP contribution in [0.15, 0.2) is 11.1 Å². The molecule has 0 unspecified atom stereocenters. The molecule has 2 heterocycles. The van der Waals surface area contributed by atoms with Gasteiger partial charge < -0.3 is 5.32 Å². The van der Waals surface area contributed by atoms with Crippen LogP contribution < -0.4 is 10.9 Å². The second-order valence-electron chi connectivity index (χ2n) is 7.31. The van der Waals surface area contributed by atoms with Crippen LogP contribution in [0.25, 0.3) is 10.2 Å². The van der Waals surface area contributed by atoms with Crippen LogP contribution in [0.1, 0.15) is 44.6 Å². The fourth-order valence-electron chi connectivity index (χ4n) is 3.10. The Morgan fingerprint density at radius 1 is 1.46 bits per heavy atom. The van der Waals surface area contributed by atoms with E-state index in [1.54, 1.807) is 11.3 Å². The van der Waals surface area contributed by atoms with Crippen molar-refractivity contribution in [2.45, 2.75) is 59.5 Å². The summed E-state index contributed by atoms with van der Waals surface area (Å²) in [6, 6.07) is 0.0836. The molecule has 24 heavy (non-hydrogen) atoms. The number of nitrogens with zero attached hydrogens (tertiary/aromatic N) is 2. The third kappa shape index (κ3) is 3.24. The summed E-state index contributed by atoms with van der Waals surface area (Å²) in [7, 11) is 0. The van der Waals surface area contributed by atoms with Gasteiger partial charge in [-0.1, -0.05) is 20.8 Å². The number of rotatable bonds is 4. The van der Waals surface area contributed by atoms with Gasteiger partial charge in [-0.2, -0.15) is 0 Å². The highest BCUT2D eigenvalue weighted by Crippen LogP contribution is 2.35. The molecule has 0 aliphatic heterocycles. The van der Waals surface area contributed by atoms with Crippen LogP contribution in [-0.4, -0.2) is 21.5 Å². The van der Waals surface area contributed by atoms with E-state index in [2.05, 4.69) is 31.1 Å². The fraction of sp³-hybridized carbons (Fsp3) is 0.611. The predicted octanol–water partition coefficient (Wildman–Crippen LogP) is 2.74. The fourth-order valence-corrected chi connectivity index (χ4v) is 4.44. The Bertz CT molecular complexity index is 822. The van der Waals surface area contributed by atoms with Crippen LogP contribution in [0, 0.1) is 11.8 Å². The summed E-state index contributed by atoms with van der Waals surface area (Å²) in [5.41, 5.74) is 1.08. The van der Waals surface area contributed by atoms with Crippen molar-refractivity contribution in [3.63, 3.8) is 0 Å². The molecule has 2 aromatic heterocycles. The molecule has 6 heteroatoms. The number of nitrogens with one attached hydrogen (secondary N) is 1. The first-order chi connectivity index (χ1) is 11.4. The highest BCUT2D eigenvalue weighted by atomic mass is 32.1. The maximum atomic E-state index is 12.8. The smallest absolute Gasteiger partial charge is 0.262 e. The molecule has 2 aromatic rings. The van der Waals surface area contributed by atoms with Gasteiger partial charge in [-0.15, -0.1) is 11.3 Å². The Labute approximate surface area is 146 Å². The minimum atomic E-state index is -0.142. The van der Waals surface area contributed by atoms with Crippen molar-refractivity contribution in [3.8, 4) is 0 Å². The Kier molecular flexibility index (Phi) is 4.76. The van der Waals surface area contributed by atoms with Crippen LogP contribution in [0.2, 0.25) is 0 Å². The molecule has 0 aromatic carbocycles. The van der Waals surface area contributed by atoms with Crippen molar-refractivity contribution < 1.29 is 4.79 Å². The Morgan fingerprint density at radius 3 is 2.92 bits per heavy atom. The van der Waals surface area contributed by atoms with E-state index >= 15 is 0 Å². The summed E-state index contributed by atoms with van der Waals surface area (Å²) in [5, 5.41) is 3.67. The maximum Gasteiger partial charge on any atom is 0.262 e. The van der Waals surface area contributed by atoms with Gasteiger partial charge in [0, 0.05) is 10.9 Å². The monoisotopic (exact) mass is 347 g/mol. The number of hydrogen-bond donors (Lipinski definition) is 1. The lowest BCUT2D eigenvalue weighted by Crippen LogP contribution is -2.39. The van der Waals surface area contributed by atoms with Crippen molar-refractivity contribution in [2.75, 3.05) is 0 Å². The molecule has 0 spiro atoms. The first-order valence-electron chi connectivity index (χ1n) is 8.65. The van der Waals surface area contributed by atoms with Crippen LogP contribution >= 0.6 is 11.3 Å². The Morgan fingerprint density at radius 2 is 2.21 bits per heavy atom. The number of hydrogen-bond acceptors (Lipinski definition) is 4. The summed E-state index contributed by atoms with van der Waals surface area (Å²) in [6.45, 7) is 8.37. The second kappa shape index (κ2) is 6.67. The Balaban J connectivity index is 1.89. The summed E-state index contributed by atoms with van der Waals surface area (Å²) < 4.78 is 1.44. The first kappa shape index (κ1) is 17.1. The van der Waals surface area contributed by atoms with Gasteiger partial charge in [-0.3, -0.25) is 14.2 Å². The van der Waals surface area contributed by atoms with Crippen molar-refractivity contribution >= 4 is 27.5 Å². The lowest BCUT2D eigenvalue weighted by molar-refractivity contribution is -0.122. The van der Waals surface area contributed by atoms with Gasteiger partial charge in [0.25, 0.3) is 5.56 Å². The lowest BCUT2D eigenvalue weighted by atomic mass is 9.89. The van der Waals surface area contributed by atoms with Crippen LogP contribution in [0.4, 0.5) is 0 Å². The number of aromatic nitrogens is 2. The molecule has 0 fully saturated rings. The number of fused-ring (bicyclic) bond motifs is 3. The van der Waals surface area contributed by atoms with Gasteiger partial charge >= 0.3 is 0 Å². The van der Waals surface area contributed by atoms with Crippen LogP contribution in [0.3, 0.4) is 0 Å². The normalized spacial score (nSPS) is 18.6. The van der Waals surface area contributed by atoms with E-state index in [4.69, 9.17) is 0 Å². The topological polar surface area (TPSA) is 64.0 Å². The van der Waals surface area contributed by atoms with E-state index in [0.717, 1.165) is 35.0 Å². The summed E-state index contributed by atoms with van der Waals surface area (Å²) in [6.07, 6.45) is 4.59. The van der Waals surface area contributed by atoms with E-state index in [1.807, 2.05) is 6.92 Å². The number of aryl methyl sites for hydroxylation is 1. The van der Waals surface area contributed by atoms with Gasteiger partial charge in [-0.25, -0.2) is 4.98 Å². The second-order valence-corrected chi connectivity index (χ2v) is 8.39. The standard InChI is InChI=1S/C18H25N3O2S/c1-10(2)12(4)20-15(22)8-21-9-19-17-16(18(21)23)13-6-5-11(3)7-14(13)24-17/h9-12H,5-8H2,1-4H3,(H,20,22)/t11-,12-/m0/s1. The average Bonchev–Trinajstić information content (AvgIpc) is 2.87. The highest BCUT2D eigenvalue weighted by Gasteiger charge is 2.23. The summed E-state index contributed by atoms with van der Waals surface area (Å²) in [4.78, 5) is 31.6. The zero-order chi connectivity index (χ0) is 17.4. The maximum absolute atomic E-state index is 12.8. The molecule has 1 aliphatic rings. The molecule has 2 atom stereocenters. The SMILES string of the molecule is CC(C)[C@H](C)NC(=O)Cn1cnc2sc3c(c2c1=O)CC[C@H](C)C3. The molecule has 3 rings (SSSR count). The van der Waals surface area contributed by atoms with Gasteiger partial charge in [0.2, 0.25) is 5.91 Å². The molecule has 1 N–H and O–H groups in total. The lowest BCUT2D eigenvalue weighted by Gasteiger charge is -2.18. The van der Waals surface area contributed by atoms with Crippen LogP contribution in [0.5, 0.6) is 0 Å². The molecule has 1 aliphatic carbocycles. The van der Waals surface area contributed by atoms with Crippen LogP contribution in [-0.2, 0) is 24.2 Å². The van der Waals surface area contributed by atoms with E-state index in [-0.39, 0.29) is 24.1 Å². The van der Waals surface area contributed by atoms with Gasteiger partial charge in [0.15, 0.2) is 0 Å². The van der Waals surface area contributed by atoms with Crippen molar-refractivity contribution in [2.24, 2.45) is 11.8 Å². The zero-order valence-electron chi connectivity index (χ0n) is 14.8. The molecule has 0 radical (unpaired) electrons. The molecule has 0 bridgehead atoms. The largest absolute Gasteiger partial charge is 0.352 e. The molecular weight excluding hydrogens is 322 g/mol. The molecular formula is C18H25N3O2S. The van der Waals surface area contributed by atoms with Crippen molar-refractivity contribution in [1.82, 2.24) is 14.9 Å². The number of carbonyl (C=O) groups excluding carboxylic acids is 1. The molecule has 130 valence electrons. The van der Waals surface area contributed by atoms with E-state index in [9.17, 15) is 9.59 Å². The number of thiophene rings is 1. The minimum absolute atomic E-state index is 0.0276. The van der Waals surface area contributed by atoms with Gasteiger partial charge in [0.05, 0.1) is 11.7 Å². The minimum Gasteiger partial charge on any atom is -0.352 e. The number of carbonyl (C=O) groups is 1. The van der Waals surface area contributed by atoms with E-state index in [0.29, 0.717) is 11.8 Å². The third-order valence-corrected chi connectivity index (χ3v) is 6.15. The summed E-state index contributed by atoms with van der Waals surface area (Å²) >= 11 is 1.63. The Hall–Kier alpha value is -1.69. The third-order valence-electron chi connectivity index (χ3n) is 4.98. The highest BCUT2D eigenvalue weighted by molar-refractivity contribution is 7.18. The predicted molar refractivity (Wildman–Crippen MR) is 97.5 cm³/mol. The van der Waals surface area contributed by atoms with E-state index in [1.165, 1.54) is 15.8 Å². The van der Waals surface area contributed by atoms with Gasteiger partial charge in [-0.05, 0) is 43.6 Å². The quantitative estimate of drug-likeness (QED) is 0.925. The van der Waals surface area contributed by atoms with Crippen molar-refractivity contribution in [3.05, 3.63) is 27.1 Å². The van der Waals surface area contributed by atoms with Gasteiger partial charge in [0.1, 0.15) is 11.4 Å². The number of amides is 1. The summed E-state index contributed by atoms with van der Waals surface area (Å²) in [5.74, 6) is 0.880. The van der Waals surface area contributed by atoms with Crippen molar-refractivity contribution in [1.29, 1.82) is 0 Å². The first-order valence-corrected chi connectivity index (χ1v) is 9.47. The molecule has 0 saturated carbocycles.